The number of aryl methyl sites for hydroxylation is 1. The van der Waals surface area contributed by atoms with E-state index in [0.29, 0.717) is 36.6 Å². The van der Waals surface area contributed by atoms with Crippen LogP contribution in [0.15, 0.2) is 12.1 Å². The monoisotopic (exact) mass is 511 g/mol. The van der Waals surface area contributed by atoms with E-state index in [9.17, 15) is 14.7 Å². The van der Waals surface area contributed by atoms with E-state index < -0.39 is 5.97 Å². The molecule has 0 aliphatic heterocycles. The van der Waals surface area contributed by atoms with Crippen LogP contribution in [0, 0.1) is 30.6 Å². The summed E-state index contributed by atoms with van der Waals surface area (Å²) in [6.45, 7) is 16.3. The standard InChI is InChI=1S/C31H49N3O3/c1-8-19(3)21(5)31(7,20(4)9-2)27-16-24(17-29(36)37)30(34-27)26-15-25(22(6)33-26)18-32-28(35)14-23-12-10-11-13-23/h15-16,19-21,23,33-34H,8-14,17-18H2,1-7H3,(H,32,35)(H,36,37). The predicted octanol–water partition coefficient (Wildman–Crippen LogP) is 7.13. The molecular formula is C31H49N3O3. The number of hydrogen-bond acceptors (Lipinski definition) is 2. The number of amides is 1. The average molecular weight is 512 g/mol. The summed E-state index contributed by atoms with van der Waals surface area (Å²) in [6.07, 6.45) is 7.53. The first-order valence-corrected chi connectivity index (χ1v) is 14.4. The highest BCUT2D eigenvalue weighted by Gasteiger charge is 2.41. The van der Waals surface area contributed by atoms with E-state index in [1.54, 1.807) is 0 Å². The lowest BCUT2D eigenvalue weighted by molar-refractivity contribution is -0.136. The summed E-state index contributed by atoms with van der Waals surface area (Å²) in [5.74, 6) is 1.20. The Kier molecular flexibility index (Phi) is 9.71. The maximum absolute atomic E-state index is 12.5. The van der Waals surface area contributed by atoms with Gasteiger partial charge in [-0.2, -0.15) is 0 Å². The lowest BCUT2D eigenvalue weighted by Crippen LogP contribution is -2.40. The molecule has 0 spiro atoms. The topological polar surface area (TPSA) is 98.0 Å². The molecule has 37 heavy (non-hydrogen) atoms. The van der Waals surface area contributed by atoms with Crippen LogP contribution >= 0.6 is 0 Å². The Morgan fingerprint density at radius 2 is 1.76 bits per heavy atom. The summed E-state index contributed by atoms with van der Waals surface area (Å²) in [5.41, 5.74) is 5.54. The second-order valence-corrected chi connectivity index (χ2v) is 11.9. The van der Waals surface area contributed by atoms with Crippen molar-refractivity contribution in [3.05, 3.63) is 34.6 Å². The molecule has 3 rings (SSSR count). The number of nitrogens with one attached hydrogen (secondary N) is 3. The molecule has 2 heterocycles. The summed E-state index contributed by atoms with van der Waals surface area (Å²) in [5, 5.41) is 12.8. The van der Waals surface area contributed by atoms with Crippen LogP contribution in [-0.2, 0) is 28.0 Å². The van der Waals surface area contributed by atoms with E-state index in [4.69, 9.17) is 0 Å². The highest BCUT2D eigenvalue weighted by atomic mass is 16.4. The van der Waals surface area contributed by atoms with Crippen LogP contribution in [0.2, 0.25) is 0 Å². The van der Waals surface area contributed by atoms with E-state index >= 15 is 0 Å². The maximum Gasteiger partial charge on any atom is 0.307 e. The molecule has 0 bridgehead atoms. The number of rotatable bonds is 13. The molecule has 1 fully saturated rings. The summed E-state index contributed by atoms with van der Waals surface area (Å²) in [4.78, 5) is 31.5. The molecular weight excluding hydrogens is 462 g/mol. The molecule has 206 valence electrons. The second kappa shape index (κ2) is 12.4. The molecule has 4 N–H and O–H groups in total. The fourth-order valence-corrected chi connectivity index (χ4v) is 6.32. The highest BCUT2D eigenvalue weighted by molar-refractivity contribution is 5.77. The van der Waals surface area contributed by atoms with Crippen molar-refractivity contribution < 1.29 is 14.7 Å². The fraction of sp³-hybridized carbons (Fsp3) is 0.677. The number of carboxylic acid groups (broad SMARTS) is 1. The number of carbonyl (C=O) groups excluding carboxylic acids is 1. The van der Waals surface area contributed by atoms with Crippen LogP contribution in [0.5, 0.6) is 0 Å². The van der Waals surface area contributed by atoms with Crippen molar-refractivity contribution in [2.24, 2.45) is 23.7 Å². The quantitative estimate of drug-likeness (QED) is 0.230. The summed E-state index contributed by atoms with van der Waals surface area (Å²) >= 11 is 0. The van der Waals surface area contributed by atoms with Gasteiger partial charge in [0, 0.05) is 29.8 Å². The van der Waals surface area contributed by atoms with Crippen LogP contribution in [0.4, 0.5) is 0 Å². The predicted molar refractivity (Wildman–Crippen MR) is 151 cm³/mol. The van der Waals surface area contributed by atoms with Crippen molar-refractivity contribution in [2.45, 2.75) is 112 Å². The van der Waals surface area contributed by atoms with Gasteiger partial charge in [0.15, 0.2) is 0 Å². The van der Waals surface area contributed by atoms with Gasteiger partial charge in [-0.1, -0.05) is 67.2 Å². The van der Waals surface area contributed by atoms with Gasteiger partial charge in [-0.05, 0) is 66.7 Å². The Labute approximate surface area is 223 Å². The third-order valence-electron chi connectivity index (χ3n) is 9.72. The van der Waals surface area contributed by atoms with Gasteiger partial charge in [0.2, 0.25) is 5.91 Å². The average Bonchev–Trinajstić information content (AvgIpc) is 3.61. The van der Waals surface area contributed by atoms with Gasteiger partial charge in [0.25, 0.3) is 0 Å². The molecule has 6 heteroatoms. The van der Waals surface area contributed by atoms with Crippen molar-refractivity contribution in [1.82, 2.24) is 15.3 Å². The number of carbonyl (C=O) groups is 2. The van der Waals surface area contributed by atoms with Gasteiger partial charge in [-0.15, -0.1) is 0 Å². The first-order valence-electron chi connectivity index (χ1n) is 14.4. The number of H-pyrrole nitrogens is 2. The van der Waals surface area contributed by atoms with Crippen LogP contribution in [0.1, 0.15) is 109 Å². The third kappa shape index (κ3) is 6.50. The van der Waals surface area contributed by atoms with Crippen molar-refractivity contribution in [1.29, 1.82) is 0 Å². The molecule has 1 aliphatic carbocycles. The molecule has 4 atom stereocenters. The molecule has 1 amide bonds. The zero-order valence-corrected chi connectivity index (χ0v) is 24.1. The molecule has 1 aliphatic rings. The van der Waals surface area contributed by atoms with Crippen LogP contribution < -0.4 is 5.32 Å². The molecule has 6 nitrogen and oxygen atoms in total. The second-order valence-electron chi connectivity index (χ2n) is 11.9. The molecule has 0 saturated heterocycles. The Balaban J connectivity index is 1.92. The van der Waals surface area contributed by atoms with Gasteiger partial charge >= 0.3 is 5.97 Å². The van der Waals surface area contributed by atoms with E-state index in [1.165, 1.54) is 12.8 Å². The number of aromatic amines is 2. The first-order chi connectivity index (χ1) is 17.5. The number of aromatic nitrogens is 2. The zero-order valence-electron chi connectivity index (χ0n) is 24.1. The molecule has 2 aromatic rings. The molecule has 2 aromatic heterocycles. The van der Waals surface area contributed by atoms with Crippen molar-refractivity contribution in [3.63, 3.8) is 0 Å². The van der Waals surface area contributed by atoms with Crippen molar-refractivity contribution >= 4 is 11.9 Å². The normalized spacial score (nSPS) is 18.4. The summed E-state index contributed by atoms with van der Waals surface area (Å²) in [7, 11) is 0. The summed E-state index contributed by atoms with van der Waals surface area (Å²) < 4.78 is 0. The third-order valence-corrected chi connectivity index (χ3v) is 9.72. The number of aliphatic carboxylic acids is 1. The number of carboxylic acids is 1. The Morgan fingerprint density at radius 3 is 2.35 bits per heavy atom. The van der Waals surface area contributed by atoms with E-state index in [0.717, 1.165) is 59.6 Å². The van der Waals surface area contributed by atoms with Crippen LogP contribution in [0.3, 0.4) is 0 Å². The van der Waals surface area contributed by atoms with Gasteiger partial charge in [0.1, 0.15) is 0 Å². The van der Waals surface area contributed by atoms with E-state index in [-0.39, 0.29) is 17.7 Å². The van der Waals surface area contributed by atoms with Gasteiger partial charge in [0.05, 0.1) is 17.8 Å². The Hall–Kier alpha value is -2.50. The first kappa shape index (κ1) is 29.1. The number of hydrogen-bond donors (Lipinski definition) is 4. The van der Waals surface area contributed by atoms with Gasteiger partial charge in [-0.3, -0.25) is 9.59 Å². The van der Waals surface area contributed by atoms with Crippen LogP contribution in [-0.4, -0.2) is 27.0 Å². The lowest BCUT2D eigenvalue weighted by Gasteiger charge is -2.43. The zero-order chi connectivity index (χ0) is 27.3. The smallest absolute Gasteiger partial charge is 0.307 e. The van der Waals surface area contributed by atoms with Crippen molar-refractivity contribution in [2.75, 3.05) is 0 Å². The molecule has 1 saturated carbocycles. The Morgan fingerprint density at radius 1 is 1.08 bits per heavy atom. The Bertz CT molecular complexity index is 1060. The fourth-order valence-electron chi connectivity index (χ4n) is 6.32. The maximum atomic E-state index is 12.5. The minimum absolute atomic E-state index is 0.0361. The largest absolute Gasteiger partial charge is 0.481 e. The molecule has 0 radical (unpaired) electrons. The van der Waals surface area contributed by atoms with Gasteiger partial charge in [-0.25, -0.2) is 0 Å². The van der Waals surface area contributed by atoms with E-state index in [1.807, 2.05) is 6.92 Å². The SMILES string of the molecule is CCC(C)C(C)C(C)(c1cc(CC(=O)O)c(-c2cc(CNC(=O)CC3CCCC3)c(C)[nH]2)[nH]1)C(C)CC. The lowest BCUT2D eigenvalue weighted by atomic mass is 9.62. The van der Waals surface area contributed by atoms with E-state index in [2.05, 4.69) is 69.0 Å². The minimum atomic E-state index is -0.838. The molecule has 0 aromatic carbocycles. The minimum Gasteiger partial charge on any atom is -0.481 e. The highest BCUT2D eigenvalue weighted by Crippen LogP contribution is 2.45. The van der Waals surface area contributed by atoms with Crippen LogP contribution in [0.25, 0.3) is 11.4 Å². The van der Waals surface area contributed by atoms with Crippen molar-refractivity contribution in [3.8, 4) is 11.4 Å². The summed E-state index contributed by atoms with van der Waals surface area (Å²) in [6, 6.07) is 4.15. The molecule has 4 unspecified atom stereocenters. The van der Waals surface area contributed by atoms with Gasteiger partial charge < -0.3 is 20.4 Å².